The maximum Gasteiger partial charge on any atom is 0.316 e. The number of para-hydroxylation sites is 1. The first kappa shape index (κ1) is 42.3. The van der Waals surface area contributed by atoms with Gasteiger partial charge in [-0.2, -0.15) is 0 Å². The van der Waals surface area contributed by atoms with Crippen LogP contribution in [0.25, 0.3) is 0 Å². The number of hydrogen-bond acceptors (Lipinski definition) is 7. The summed E-state index contributed by atoms with van der Waals surface area (Å²) in [5.41, 5.74) is -0.513. The number of anilines is 1. The number of rotatable bonds is 14. The van der Waals surface area contributed by atoms with E-state index < -0.39 is 64.5 Å². The molecule has 0 bridgehead atoms. The molecule has 1 aliphatic carbocycles. The number of nitrogens with one attached hydrogen (secondary N) is 4. The fourth-order valence-electron chi connectivity index (χ4n) is 7.93. The van der Waals surface area contributed by atoms with E-state index in [4.69, 9.17) is 0 Å². The highest BCUT2D eigenvalue weighted by atomic mass is 16.2. The number of likely N-dealkylation sites (tertiary alicyclic amines) is 1. The normalized spacial score (nSPS) is 22.2. The molecule has 1 saturated carbocycles. The molecule has 4 N–H and O–H groups in total. The lowest BCUT2D eigenvalue weighted by atomic mass is 9.84. The summed E-state index contributed by atoms with van der Waals surface area (Å²) in [6.07, 6.45) is 3.12. The third kappa shape index (κ3) is 9.62. The Labute approximate surface area is 321 Å². The summed E-state index contributed by atoms with van der Waals surface area (Å²) < 4.78 is 0. The molecule has 2 aliphatic heterocycles. The number of amides is 6. The van der Waals surface area contributed by atoms with E-state index in [-0.39, 0.29) is 36.1 Å². The molecule has 4 rings (SSSR count). The number of piperidine rings is 1. The summed E-state index contributed by atoms with van der Waals surface area (Å²) in [6, 6.07) is 5.56. The molecule has 298 valence electrons. The van der Waals surface area contributed by atoms with E-state index in [2.05, 4.69) is 46.6 Å². The van der Waals surface area contributed by atoms with E-state index in [0.717, 1.165) is 12.1 Å². The molecule has 1 aromatic carbocycles. The quantitative estimate of drug-likeness (QED) is 0.167. The molecule has 2 saturated heterocycles. The van der Waals surface area contributed by atoms with E-state index in [0.29, 0.717) is 39.1 Å². The maximum absolute atomic E-state index is 14.5. The first-order valence-electron chi connectivity index (χ1n) is 19.4. The van der Waals surface area contributed by atoms with E-state index in [9.17, 15) is 28.8 Å². The number of carbonyl (C=O) groups excluding carboxylic acids is 6. The summed E-state index contributed by atoms with van der Waals surface area (Å²) in [4.78, 5) is 87.7. The minimum absolute atomic E-state index is 0.0533. The SMILES string of the molecule is C=CCNC(=O)C(=O)C(CCCC)NC(=O)[C@@H]1[C@@H]2[C@H](CN1C(=O)[C@@H](NC(=O)N[C@H](C(=O)N1CCN(c3ccccc3)CC1)C(C)(C)C)C(C)(C)C)C2(C)C. The zero-order valence-electron chi connectivity index (χ0n) is 33.8. The van der Waals surface area contributed by atoms with Crippen LogP contribution in [0.1, 0.15) is 81.6 Å². The largest absolute Gasteiger partial charge is 0.368 e. The van der Waals surface area contributed by atoms with Crippen LogP contribution in [0, 0.1) is 28.1 Å². The summed E-state index contributed by atoms with van der Waals surface area (Å²) in [7, 11) is 0. The number of benzene rings is 1. The Morgan fingerprint density at radius 2 is 1.44 bits per heavy atom. The van der Waals surface area contributed by atoms with Gasteiger partial charge in [0.05, 0.1) is 6.04 Å². The molecule has 54 heavy (non-hydrogen) atoms. The molecule has 6 atom stereocenters. The number of fused-ring (bicyclic) bond motifs is 1. The smallest absolute Gasteiger partial charge is 0.316 e. The van der Waals surface area contributed by atoms with Gasteiger partial charge in [0.2, 0.25) is 23.5 Å². The van der Waals surface area contributed by atoms with Crippen molar-refractivity contribution in [3.8, 4) is 0 Å². The third-order valence-electron chi connectivity index (χ3n) is 11.4. The number of piperazine rings is 1. The Morgan fingerprint density at radius 1 is 0.870 bits per heavy atom. The van der Waals surface area contributed by atoms with Crippen LogP contribution in [-0.4, -0.2) is 109 Å². The molecule has 13 heteroatoms. The monoisotopic (exact) mass is 749 g/mol. The Balaban J connectivity index is 1.49. The zero-order chi connectivity index (χ0) is 40.2. The molecule has 0 aromatic heterocycles. The van der Waals surface area contributed by atoms with Crippen molar-refractivity contribution in [2.75, 3.05) is 44.2 Å². The number of urea groups is 1. The molecular weight excluding hydrogens is 686 g/mol. The van der Waals surface area contributed by atoms with Gasteiger partial charge in [0.25, 0.3) is 5.91 Å². The lowest BCUT2D eigenvalue weighted by Crippen LogP contribution is -2.64. The molecule has 0 spiro atoms. The van der Waals surface area contributed by atoms with Crippen LogP contribution in [0.5, 0.6) is 0 Å². The number of hydrogen-bond donors (Lipinski definition) is 4. The molecule has 3 aliphatic rings. The van der Waals surface area contributed by atoms with Crippen LogP contribution in [0.4, 0.5) is 10.5 Å². The minimum Gasteiger partial charge on any atom is -0.368 e. The molecule has 1 aromatic rings. The van der Waals surface area contributed by atoms with Gasteiger partial charge in [0.15, 0.2) is 0 Å². The molecule has 13 nitrogen and oxygen atoms in total. The predicted molar refractivity (Wildman–Crippen MR) is 209 cm³/mol. The standard InChI is InChI=1S/C41H63N7O6/c1-11-13-19-28(31(49)35(51)42-20-12-2)43-34(50)30-29-27(41(29,9)10)25-48(30)37(53)33(40(6,7)8)45-38(54)44-32(39(3,4)5)36(52)47-23-21-46(22-24-47)26-17-15-14-16-18-26/h12,14-18,27-30,32-33H,2,11,13,19-25H2,1,3-10H3,(H,42,51)(H,43,50)(H2,44,45,54)/t27-,28?,29-,30-,32+,33+/m0/s1. The Kier molecular flexibility index (Phi) is 13.3. The van der Waals surface area contributed by atoms with Crippen LogP contribution in [0.3, 0.4) is 0 Å². The molecule has 3 fully saturated rings. The number of nitrogens with zero attached hydrogens (tertiary/aromatic N) is 3. The molecule has 2 heterocycles. The summed E-state index contributed by atoms with van der Waals surface area (Å²) in [6.45, 7) is 23.6. The van der Waals surface area contributed by atoms with Crippen LogP contribution in [-0.2, 0) is 24.0 Å². The van der Waals surface area contributed by atoms with Crippen molar-refractivity contribution >= 4 is 41.1 Å². The van der Waals surface area contributed by atoms with Crippen molar-refractivity contribution in [2.24, 2.45) is 28.1 Å². The van der Waals surface area contributed by atoms with Crippen molar-refractivity contribution in [3.63, 3.8) is 0 Å². The van der Waals surface area contributed by atoms with Gasteiger partial charge >= 0.3 is 6.03 Å². The van der Waals surface area contributed by atoms with Gasteiger partial charge in [0, 0.05) is 45.0 Å². The number of Topliss-reactive ketones (excluding diaryl/α,β-unsaturated/α-hetero) is 1. The first-order chi connectivity index (χ1) is 25.2. The fourth-order valence-corrected chi connectivity index (χ4v) is 7.93. The molecule has 6 amide bonds. The van der Waals surface area contributed by atoms with Gasteiger partial charge in [-0.15, -0.1) is 6.58 Å². The lowest BCUT2D eigenvalue weighted by molar-refractivity contribution is -0.145. The second kappa shape index (κ2) is 16.9. The predicted octanol–water partition coefficient (Wildman–Crippen LogP) is 3.49. The Morgan fingerprint density at radius 3 is 1.98 bits per heavy atom. The highest BCUT2D eigenvalue weighted by Gasteiger charge is 2.70. The van der Waals surface area contributed by atoms with Crippen LogP contribution >= 0.6 is 0 Å². The average Bonchev–Trinajstić information content (AvgIpc) is 3.42. The van der Waals surface area contributed by atoms with Crippen molar-refractivity contribution in [3.05, 3.63) is 43.0 Å². The van der Waals surface area contributed by atoms with Gasteiger partial charge in [-0.05, 0) is 46.6 Å². The van der Waals surface area contributed by atoms with Crippen molar-refractivity contribution < 1.29 is 28.8 Å². The molecule has 0 radical (unpaired) electrons. The maximum atomic E-state index is 14.5. The molecular formula is C41H63N7O6. The fraction of sp³-hybridized carbons (Fsp3) is 0.659. The average molecular weight is 750 g/mol. The second-order valence-corrected chi connectivity index (χ2v) is 17.8. The highest BCUT2D eigenvalue weighted by molar-refractivity contribution is 6.38. The van der Waals surface area contributed by atoms with Crippen LogP contribution in [0.15, 0.2) is 43.0 Å². The van der Waals surface area contributed by atoms with Gasteiger partial charge in [-0.25, -0.2) is 4.79 Å². The third-order valence-corrected chi connectivity index (χ3v) is 11.4. The zero-order valence-corrected chi connectivity index (χ0v) is 33.8. The minimum atomic E-state index is -1.05. The van der Waals surface area contributed by atoms with Crippen molar-refractivity contribution in [1.29, 1.82) is 0 Å². The number of ketones is 1. The first-order valence-corrected chi connectivity index (χ1v) is 19.4. The van der Waals surface area contributed by atoms with Gasteiger partial charge in [-0.3, -0.25) is 24.0 Å². The van der Waals surface area contributed by atoms with E-state index in [1.54, 1.807) is 4.90 Å². The van der Waals surface area contributed by atoms with Crippen molar-refractivity contribution in [1.82, 2.24) is 31.1 Å². The highest BCUT2D eigenvalue weighted by Crippen LogP contribution is 2.65. The van der Waals surface area contributed by atoms with Crippen LogP contribution < -0.4 is 26.2 Å². The summed E-state index contributed by atoms with van der Waals surface area (Å²) in [5, 5.41) is 11.1. The van der Waals surface area contributed by atoms with Gasteiger partial charge in [0.1, 0.15) is 18.1 Å². The second-order valence-electron chi connectivity index (χ2n) is 17.8. The van der Waals surface area contributed by atoms with E-state index in [1.807, 2.05) is 78.8 Å². The van der Waals surface area contributed by atoms with Crippen molar-refractivity contribution in [2.45, 2.75) is 106 Å². The topological polar surface area (TPSA) is 160 Å². The number of carbonyl (C=O) groups is 6. The van der Waals surface area contributed by atoms with Gasteiger partial charge < -0.3 is 36.0 Å². The Hall–Kier alpha value is -4.42. The number of unbranched alkanes of at least 4 members (excludes halogenated alkanes) is 1. The summed E-state index contributed by atoms with van der Waals surface area (Å²) >= 11 is 0. The van der Waals surface area contributed by atoms with Gasteiger partial charge in [-0.1, -0.05) is 99.4 Å². The summed E-state index contributed by atoms with van der Waals surface area (Å²) in [5.74, 6) is -2.74. The van der Waals surface area contributed by atoms with Crippen LogP contribution in [0.2, 0.25) is 0 Å². The Bertz CT molecular complexity index is 1560. The lowest BCUT2D eigenvalue weighted by Gasteiger charge is -2.41. The van der Waals surface area contributed by atoms with E-state index in [1.165, 1.54) is 11.0 Å². The molecule has 1 unspecified atom stereocenters. The van der Waals surface area contributed by atoms with E-state index >= 15 is 0 Å².